The van der Waals surface area contributed by atoms with E-state index >= 15 is 0 Å². The molecule has 0 spiro atoms. The number of carbonyl (C=O) groups is 1. The Morgan fingerprint density at radius 2 is 2.12 bits per heavy atom. The molecule has 0 bridgehead atoms. The number of nitrogens with zero attached hydrogens (tertiary/aromatic N) is 2. The lowest BCUT2D eigenvalue weighted by Crippen LogP contribution is -2.28. The lowest BCUT2D eigenvalue weighted by molar-refractivity contribution is 0.0900. The van der Waals surface area contributed by atoms with Gasteiger partial charge in [0.2, 0.25) is 0 Å². The number of benzene rings is 1. The molecular weight excluding hydrogens is 374 g/mol. The Labute approximate surface area is 147 Å². The third kappa shape index (κ3) is 3.42. The average molecular weight is 390 g/mol. The maximum atomic E-state index is 12.3. The highest BCUT2D eigenvalue weighted by Gasteiger charge is 2.17. The zero-order chi connectivity index (χ0) is 17.1. The SMILES string of the molecule is Cc1c(C(=O)NCC(O)c2ccco2)cnn1-c1ccc(Br)cc1. The first-order valence-corrected chi connectivity index (χ1v) is 8.16. The number of furan rings is 1. The van der Waals surface area contributed by atoms with Crippen LogP contribution in [0.25, 0.3) is 5.69 Å². The van der Waals surface area contributed by atoms with Crippen LogP contribution in [-0.4, -0.2) is 27.3 Å². The van der Waals surface area contributed by atoms with Gasteiger partial charge in [0, 0.05) is 4.47 Å². The Kier molecular flexibility index (Phi) is 4.82. The number of aromatic nitrogens is 2. The Morgan fingerprint density at radius 3 is 2.79 bits per heavy atom. The number of nitrogens with one attached hydrogen (secondary N) is 1. The fourth-order valence-electron chi connectivity index (χ4n) is 2.34. The van der Waals surface area contributed by atoms with Gasteiger partial charge in [-0.2, -0.15) is 5.10 Å². The molecule has 3 rings (SSSR count). The van der Waals surface area contributed by atoms with Gasteiger partial charge < -0.3 is 14.8 Å². The quantitative estimate of drug-likeness (QED) is 0.702. The Balaban J connectivity index is 1.71. The van der Waals surface area contributed by atoms with E-state index in [0.717, 1.165) is 15.9 Å². The molecule has 0 aliphatic rings. The van der Waals surface area contributed by atoms with Crippen LogP contribution in [0.1, 0.15) is 27.9 Å². The summed E-state index contributed by atoms with van der Waals surface area (Å²) in [4.78, 5) is 12.3. The highest BCUT2D eigenvalue weighted by Crippen LogP contribution is 2.17. The molecule has 0 aliphatic heterocycles. The summed E-state index contributed by atoms with van der Waals surface area (Å²) in [6.45, 7) is 1.89. The van der Waals surface area contributed by atoms with Crippen molar-refractivity contribution in [1.82, 2.24) is 15.1 Å². The van der Waals surface area contributed by atoms with Crippen molar-refractivity contribution < 1.29 is 14.3 Å². The van der Waals surface area contributed by atoms with E-state index in [-0.39, 0.29) is 12.5 Å². The van der Waals surface area contributed by atoms with E-state index in [0.29, 0.717) is 11.3 Å². The van der Waals surface area contributed by atoms with E-state index in [2.05, 4.69) is 26.3 Å². The number of amides is 1. The second kappa shape index (κ2) is 7.02. The standard InChI is InChI=1S/C17H16BrN3O3/c1-11-14(9-20-21(11)13-6-4-12(18)5-7-13)17(23)19-10-15(22)16-3-2-8-24-16/h2-9,15,22H,10H2,1H3,(H,19,23). The second-order valence-electron chi connectivity index (χ2n) is 5.27. The third-order valence-electron chi connectivity index (χ3n) is 3.65. The minimum absolute atomic E-state index is 0.0647. The molecule has 7 heteroatoms. The highest BCUT2D eigenvalue weighted by atomic mass is 79.9. The lowest BCUT2D eigenvalue weighted by atomic mass is 10.2. The molecule has 0 saturated carbocycles. The molecule has 24 heavy (non-hydrogen) atoms. The predicted molar refractivity (Wildman–Crippen MR) is 92.0 cm³/mol. The number of rotatable bonds is 5. The number of halogens is 1. The van der Waals surface area contributed by atoms with E-state index < -0.39 is 6.10 Å². The molecule has 3 aromatic rings. The molecule has 2 aromatic heterocycles. The van der Waals surface area contributed by atoms with Crippen LogP contribution in [0.2, 0.25) is 0 Å². The molecule has 0 aliphatic carbocycles. The van der Waals surface area contributed by atoms with Crippen LogP contribution >= 0.6 is 15.9 Å². The van der Waals surface area contributed by atoms with Crippen LogP contribution in [0.5, 0.6) is 0 Å². The first kappa shape index (κ1) is 16.5. The molecule has 0 saturated heterocycles. The van der Waals surface area contributed by atoms with E-state index in [4.69, 9.17) is 4.42 Å². The maximum Gasteiger partial charge on any atom is 0.254 e. The van der Waals surface area contributed by atoms with Gasteiger partial charge in [-0.1, -0.05) is 15.9 Å². The number of hydrogen-bond acceptors (Lipinski definition) is 4. The largest absolute Gasteiger partial charge is 0.467 e. The Bertz CT molecular complexity index is 825. The summed E-state index contributed by atoms with van der Waals surface area (Å²) >= 11 is 3.39. The fourth-order valence-corrected chi connectivity index (χ4v) is 2.61. The first-order chi connectivity index (χ1) is 11.6. The van der Waals surface area contributed by atoms with Gasteiger partial charge in [0.1, 0.15) is 11.9 Å². The molecule has 124 valence electrons. The average Bonchev–Trinajstić information content (AvgIpc) is 3.23. The van der Waals surface area contributed by atoms with Gasteiger partial charge in [-0.25, -0.2) is 4.68 Å². The number of carbonyl (C=O) groups excluding carboxylic acids is 1. The van der Waals surface area contributed by atoms with Crippen LogP contribution in [0.3, 0.4) is 0 Å². The molecule has 2 N–H and O–H groups in total. The number of hydrogen-bond donors (Lipinski definition) is 2. The minimum Gasteiger partial charge on any atom is -0.467 e. The zero-order valence-electron chi connectivity index (χ0n) is 12.9. The van der Waals surface area contributed by atoms with Crippen LogP contribution in [0.15, 0.2) is 57.7 Å². The smallest absolute Gasteiger partial charge is 0.254 e. The van der Waals surface area contributed by atoms with E-state index in [1.165, 1.54) is 12.5 Å². The van der Waals surface area contributed by atoms with Crippen LogP contribution in [0, 0.1) is 6.92 Å². The van der Waals surface area contributed by atoms with Gasteiger partial charge in [-0.05, 0) is 43.3 Å². The fraction of sp³-hybridized carbons (Fsp3) is 0.176. The van der Waals surface area contributed by atoms with Gasteiger partial charge in [0.25, 0.3) is 5.91 Å². The van der Waals surface area contributed by atoms with E-state index in [9.17, 15) is 9.90 Å². The monoisotopic (exact) mass is 389 g/mol. The normalized spacial score (nSPS) is 12.1. The lowest BCUT2D eigenvalue weighted by Gasteiger charge is -2.10. The number of aliphatic hydroxyl groups excluding tert-OH is 1. The summed E-state index contributed by atoms with van der Waals surface area (Å²) in [6, 6.07) is 11.0. The third-order valence-corrected chi connectivity index (χ3v) is 4.18. The second-order valence-corrected chi connectivity index (χ2v) is 6.19. The van der Waals surface area contributed by atoms with Gasteiger partial charge in [-0.15, -0.1) is 0 Å². The van der Waals surface area contributed by atoms with Crippen LogP contribution in [-0.2, 0) is 0 Å². The topological polar surface area (TPSA) is 80.3 Å². The van der Waals surface area contributed by atoms with E-state index in [1.54, 1.807) is 16.8 Å². The van der Waals surface area contributed by atoms with Gasteiger partial charge in [-0.3, -0.25) is 4.79 Å². The van der Waals surface area contributed by atoms with E-state index in [1.807, 2.05) is 31.2 Å². The number of aliphatic hydroxyl groups is 1. The Morgan fingerprint density at radius 1 is 1.38 bits per heavy atom. The minimum atomic E-state index is -0.884. The summed E-state index contributed by atoms with van der Waals surface area (Å²) < 4.78 is 7.78. The van der Waals surface area contributed by atoms with Crippen molar-refractivity contribution in [2.75, 3.05) is 6.54 Å². The molecular formula is C17H16BrN3O3. The zero-order valence-corrected chi connectivity index (χ0v) is 14.5. The summed E-state index contributed by atoms with van der Waals surface area (Å²) in [6.07, 6.45) is 2.12. The van der Waals surface area contributed by atoms with Crippen molar-refractivity contribution in [3.8, 4) is 5.69 Å². The summed E-state index contributed by atoms with van der Waals surface area (Å²) in [5, 5.41) is 16.9. The van der Waals surface area contributed by atoms with Crippen LogP contribution < -0.4 is 5.32 Å². The molecule has 1 unspecified atom stereocenters. The maximum absolute atomic E-state index is 12.3. The molecule has 0 radical (unpaired) electrons. The molecule has 6 nitrogen and oxygen atoms in total. The van der Waals surface area contributed by atoms with Gasteiger partial charge >= 0.3 is 0 Å². The van der Waals surface area contributed by atoms with Crippen molar-refractivity contribution >= 4 is 21.8 Å². The summed E-state index contributed by atoms with van der Waals surface area (Å²) in [7, 11) is 0. The van der Waals surface area contributed by atoms with Crippen molar-refractivity contribution in [3.63, 3.8) is 0 Å². The molecule has 1 amide bonds. The Hall–Kier alpha value is -2.38. The first-order valence-electron chi connectivity index (χ1n) is 7.36. The molecule has 0 fully saturated rings. The van der Waals surface area contributed by atoms with Gasteiger partial charge in [0.05, 0.1) is 35.9 Å². The highest BCUT2D eigenvalue weighted by molar-refractivity contribution is 9.10. The van der Waals surface area contributed by atoms with Crippen molar-refractivity contribution in [3.05, 3.63) is 70.3 Å². The van der Waals surface area contributed by atoms with Crippen molar-refractivity contribution in [1.29, 1.82) is 0 Å². The summed E-state index contributed by atoms with van der Waals surface area (Å²) in [5.74, 6) is 0.124. The molecule has 1 aromatic carbocycles. The molecule has 1 atom stereocenters. The predicted octanol–water partition coefficient (Wildman–Crippen LogP) is 3.00. The van der Waals surface area contributed by atoms with Crippen molar-refractivity contribution in [2.24, 2.45) is 0 Å². The van der Waals surface area contributed by atoms with Crippen LogP contribution in [0.4, 0.5) is 0 Å². The summed E-state index contributed by atoms with van der Waals surface area (Å²) in [5.41, 5.74) is 2.05. The van der Waals surface area contributed by atoms with Crippen molar-refractivity contribution in [2.45, 2.75) is 13.0 Å². The van der Waals surface area contributed by atoms with Gasteiger partial charge in [0.15, 0.2) is 0 Å². The molecule has 2 heterocycles.